The Kier molecular flexibility index (Phi) is 6.63. The first-order chi connectivity index (χ1) is 10.7. The molecule has 0 aliphatic heterocycles. The minimum atomic E-state index is -0.429. The Morgan fingerprint density at radius 2 is 1.55 bits per heavy atom. The molecule has 2 aromatic carbocycles. The Bertz CT molecular complexity index is 588. The molecule has 0 radical (unpaired) electrons. The highest BCUT2D eigenvalue weighted by molar-refractivity contribution is 6.67. The summed E-state index contributed by atoms with van der Waals surface area (Å²) in [5.41, 5.74) is 3.87. The number of benzene rings is 2. The van der Waals surface area contributed by atoms with Crippen molar-refractivity contribution in [2.75, 3.05) is 6.61 Å². The first-order valence-corrected chi connectivity index (χ1v) is 8.05. The number of carbonyl (C=O) groups is 1. The van der Waals surface area contributed by atoms with E-state index in [1.165, 1.54) is 18.4 Å². The molecule has 0 unspecified atom stereocenters. The molecule has 0 aromatic heterocycles. The highest BCUT2D eigenvalue weighted by atomic mass is 35.5. The smallest absolute Gasteiger partial charge is 0.252 e. The van der Waals surface area contributed by atoms with Gasteiger partial charge in [-0.1, -0.05) is 56.2 Å². The third-order valence-electron chi connectivity index (χ3n) is 3.56. The van der Waals surface area contributed by atoms with Gasteiger partial charge in [-0.2, -0.15) is 0 Å². The Morgan fingerprint density at radius 1 is 0.955 bits per heavy atom. The molecular formula is C19H21ClO2. The van der Waals surface area contributed by atoms with Crippen molar-refractivity contribution in [2.45, 2.75) is 32.8 Å². The molecule has 2 nitrogen and oxygen atoms in total. The maximum absolute atomic E-state index is 11.1. The molecule has 0 bridgehead atoms. The van der Waals surface area contributed by atoms with Gasteiger partial charge in [0.2, 0.25) is 0 Å². The van der Waals surface area contributed by atoms with Gasteiger partial charge in [0.05, 0.1) is 6.61 Å². The van der Waals surface area contributed by atoms with Crippen LogP contribution in [0.25, 0.3) is 11.1 Å². The van der Waals surface area contributed by atoms with Crippen LogP contribution in [0.2, 0.25) is 0 Å². The molecule has 2 rings (SSSR count). The Hall–Kier alpha value is -1.64. The van der Waals surface area contributed by atoms with Crippen LogP contribution < -0.4 is 0 Å². The highest BCUT2D eigenvalue weighted by Gasteiger charge is 2.03. The van der Waals surface area contributed by atoms with Gasteiger partial charge in [-0.15, -0.1) is 0 Å². The number of carbonyl (C=O) groups excluding carboxylic acids is 1. The monoisotopic (exact) mass is 316 g/mol. The number of halogens is 1. The zero-order valence-corrected chi connectivity index (χ0v) is 13.6. The van der Waals surface area contributed by atoms with E-state index in [1.54, 1.807) is 12.1 Å². The lowest BCUT2D eigenvalue weighted by Gasteiger charge is -2.06. The first kappa shape index (κ1) is 16.7. The third-order valence-corrected chi connectivity index (χ3v) is 3.78. The molecule has 0 aliphatic carbocycles. The van der Waals surface area contributed by atoms with Gasteiger partial charge in [0, 0.05) is 12.2 Å². The average molecular weight is 317 g/mol. The fourth-order valence-corrected chi connectivity index (χ4v) is 2.36. The predicted octanol–water partition coefficient (Wildman–Crippen LogP) is 5.44. The van der Waals surface area contributed by atoms with Crippen LogP contribution in [0.5, 0.6) is 0 Å². The van der Waals surface area contributed by atoms with E-state index in [0.29, 0.717) is 12.2 Å². The molecule has 0 amide bonds. The molecule has 2 aromatic rings. The van der Waals surface area contributed by atoms with Crippen LogP contribution in [0.4, 0.5) is 0 Å². The van der Waals surface area contributed by atoms with Crippen molar-refractivity contribution in [3.05, 3.63) is 59.7 Å². The van der Waals surface area contributed by atoms with Gasteiger partial charge in [-0.3, -0.25) is 4.79 Å². The summed E-state index contributed by atoms with van der Waals surface area (Å²) in [6.45, 7) is 3.67. The molecular weight excluding hydrogens is 296 g/mol. The zero-order valence-electron chi connectivity index (χ0n) is 12.8. The molecule has 0 spiro atoms. The van der Waals surface area contributed by atoms with E-state index in [4.69, 9.17) is 16.3 Å². The molecule has 0 fully saturated rings. The summed E-state index contributed by atoms with van der Waals surface area (Å²) in [6.07, 6.45) is 3.56. The maximum atomic E-state index is 11.1. The van der Waals surface area contributed by atoms with Crippen molar-refractivity contribution in [1.29, 1.82) is 0 Å². The van der Waals surface area contributed by atoms with Crippen LogP contribution in [-0.4, -0.2) is 11.8 Å². The van der Waals surface area contributed by atoms with E-state index in [2.05, 4.69) is 31.2 Å². The Balaban J connectivity index is 1.92. The van der Waals surface area contributed by atoms with Crippen LogP contribution in [0, 0.1) is 0 Å². The van der Waals surface area contributed by atoms with Crippen LogP contribution in [0.1, 0.15) is 42.1 Å². The predicted molar refractivity (Wildman–Crippen MR) is 91.2 cm³/mol. The van der Waals surface area contributed by atoms with E-state index < -0.39 is 5.24 Å². The van der Waals surface area contributed by atoms with Gasteiger partial charge in [-0.25, -0.2) is 0 Å². The Morgan fingerprint density at radius 3 is 2.09 bits per heavy atom. The minimum Gasteiger partial charge on any atom is -0.377 e. The highest BCUT2D eigenvalue weighted by Crippen LogP contribution is 2.21. The zero-order chi connectivity index (χ0) is 15.8. The van der Waals surface area contributed by atoms with E-state index >= 15 is 0 Å². The molecule has 0 saturated heterocycles. The molecule has 116 valence electrons. The fourth-order valence-electron chi connectivity index (χ4n) is 2.23. The van der Waals surface area contributed by atoms with E-state index in [9.17, 15) is 4.79 Å². The largest absolute Gasteiger partial charge is 0.377 e. The minimum absolute atomic E-state index is 0.429. The average Bonchev–Trinajstić information content (AvgIpc) is 2.55. The molecule has 0 aliphatic rings. The second kappa shape index (κ2) is 8.72. The Labute approximate surface area is 137 Å². The van der Waals surface area contributed by atoms with Crippen molar-refractivity contribution < 1.29 is 9.53 Å². The summed E-state index contributed by atoms with van der Waals surface area (Å²) >= 11 is 5.45. The molecule has 0 saturated carbocycles. The molecule has 0 heterocycles. The lowest BCUT2D eigenvalue weighted by Crippen LogP contribution is -1.95. The second-order valence-electron chi connectivity index (χ2n) is 5.31. The number of hydrogen-bond acceptors (Lipinski definition) is 2. The third kappa shape index (κ3) is 4.97. The van der Waals surface area contributed by atoms with Gasteiger partial charge in [-0.05, 0) is 46.8 Å². The van der Waals surface area contributed by atoms with E-state index in [-0.39, 0.29) is 0 Å². The molecule has 0 N–H and O–H groups in total. The quantitative estimate of drug-likeness (QED) is 0.479. The summed E-state index contributed by atoms with van der Waals surface area (Å²) < 4.78 is 5.66. The number of ether oxygens (including phenoxy) is 1. The fraction of sp³-hybridized carbons (Fsp3) is 0.316. The first-order valence-electron chi connectivity index (χ1n) is 7.67. The van der Waals surface area contributed by atoms with Crippen molar-refractivity contribution in [3.63, 3.8) is 0 Å². The van der Waals surface area contributed by atoms with Crippen LogP contribution in [0.3, 0.4) is 0 Å². The van der Waals surface area contributed by atoms with E-state index in [1.807, 2.05) is 12.1 Å². The van der Waals surface area contributed by atoms with Gasteiger partial charge in [0.1, 0.15) is 0 Å². The normalized spacial score (nSPS) is 10.6. The van der Waals surface area contributed by atoms with Crippen LogP contribution in [0.15, 0.2) is 48.5 Å². The summed E-state index contributed by atoms with van der Waals surface area (Å²) in [6, 6.07) is 15.6. The SMILES string of the molecule is CCCCCOCc1ccc(-c2ccc(C(=O)Cl)cc2)cc1. The number of rotatable bonds is 8. The van der Waals surface area contributed by atoms with Crippen LogP contribution >= 0.6 is 11.6 Å². The second-order valence-corrected chi connectivity index (χ2v) is 5.65. The maximum Gasteiger partial charge on any atom is 0.252 e. The lowest BCUT2D eigenvalue weighted by atomic mass is 10.0. The van der Waals surface area contributed by atoms with Crippen molar-refractivity contribution in [3.8, 4) is 11.1 Å². The van der Waals surface area contributed by atoms with Gasteiger partial charge in [0.15, 0.2) is 0 Å². The summed E-state index contributed by atoms with van der Waals surface area (Å²) in [7, 11) is 0. The van der Waals surface area contributed by atoms with Crippen molar-refractivity contribution in [2.24, 2.45) is 0 Å². The van der Waals surface area contributed by atoms with Gasteiger partial charge in [0.25, 0.3) is 5.24 Å². The topological polar surface area (TPSA) is 26.3 Å². The molecule has 0 atom stereocenters. The van der Waals surface area contributed by atoms with Gasteiger partial charge >= 0.3 is 0 Å². The lowest BCUT2D eigenvalue weighted by molar-refractivity contribution is 0.108. The van der Waals surface area contributed by atoms with Gasteiger partial charge < -0.3 is 4.74 Å². The number of hydrogen-bond donors (Lipinski definition) is 0. The van der Waals surface area contributed by atoms with Crippen LogP contribution in [-0.2, 0) is 11.3 Å². The summed E-state index contributed by atoms with van der Waals surface area (Å²) in [5, 5.41) is -0.429. The van der Waals surface area contributed by atoms with Crippen molar-refractivity contribution >= 4 is 16.8 Å². The van der Waals surface area contributed by atoms with Crippen molar-refractivity contribution in [1.82, 2.24) is 0 Å². The van der Waals surface area contributed by atoms with E-state index in [0.717, 1.165) is 24.2 Å². The molecule has 22 heavy (non-hydrogen) atoms. The summed E-state index contributed by atoms with van der Waals surface area (Å²) in [4.78, 5) is 11.1. The number of unbranched alkanes of at least 4 members (excludes halogenated alkanes) is 2. The summed E-state index contributed by atoms with van der Waals surface area (Å²) in [5.74, 6) is 0. The standard InChI is InChI=1S/C19H21ClO2/c1-2-3-4-13-22-14-15-5-7-16(8-6-15)17-9-11-18(12-10-17)19(20)21/h5-12H,2-4,13-14H2,1H3. The molecule has 3 heteroatoms.